The van der Waals surface area contributed by atoms with E-state index in [4.69, 9.17) is 17.3 Å². The molecule has 2 fully saturated rings. The number of para-hydroxylation sites is 1. The number of benzene rings is 2. The topological polar surface area (TPSA) is 50.8 Å². The van der Waals surface area contributed by atoms with Gasteiger partial charge in [0.15, 0.2) is 5.41 Å². The van der Waals surface area contributed by atoms with Gasteiger partial charge in [-0.2, -0.15) is 13.2 Å². The minimum absolute atomic E-state index is 0.0953. The number of carbonyl (C=O) groups is 1. The summed E-state index contributed by atoms with van der Waals surface area (Å²) in [6.07, 6.45) is -3.05. The highest BCUT2D eigenvalue weighted by Gasteiger charge is 2.63. The van der Waals surface area contributed by atoms with E-state index in [0.29, 0.717) is 12.8 Å². The number of methoxy groups -OCH3 is 2. The zero-order chi connectivity index (χ0) is 26.8. The highest BCUT2D eigenvalue weighted by molar-refractivity contribution is 6.32. The maximum absolute atomic E-state index is 14.7. The molecule has 4 rings (SSSR count). The SMILES string of the molecule is [B]c1cc([C@@](COC)(C(=O)N2CCC3(CCNCC3c3ccccc3OC)CC2)C(F)(F)F)ccc1F. The van der Waals surface area contributed by atoms with Crippen LogP contribution in [-0.4, -0.2) is 71.8 Å². The van der Waals surface area contributed by atoms with Crippen LogP contribution in [0.15, 0.2) is 42.5 Å². The quantitative estimate of drug-likeness (QED) is 0.471. The predicted molar refractivity (Wildman–Crippen MR) is 133 cm³/mol. The number of hydrogen-bond donors (Lipinski definition) is 1. The average Bonchev–Trinajstić information content (AvgIpc) is 2.88. The minimum Gasteiger partial charge on any atom is -0.496 e. The first-order valence-electron chi connectivity index (χ1n) is 12.3. The largest absolute Gasteiger partial charge is 0.496 e. The molecule has 1 amide bonds. The van der Waals surface area contributed by atoms with Crippen LogP contribution >= 0.6 is 0 Å². The summed E-state index contributed by atoms with van der Waals surface area (Å²) >= 11 is 0. The van der Waals surface area contributed by atoms with Crippen LogP contribution < -0.4 is 15.5 Å². The number of rotatable bonds is 6. The number of likely N-dealkylation sites (tertiary alicyclic amines) is 1. The van der Waals surface area contributed by atoms with Gasteiger partial charge in [-0.05, 0) is 54.5 Å². The molecule has 2 heterocycles. The number of hydrogen-bond acceptors (Lipinski definition) is 4. The summed E-state index contributed by atoms with van der Waals surface area (Å²) in [7, 11) is 8.33. The molecule has 2 aromatic rings. The van der Waals surface area contributed by atoms with E-state index in [2.05, 4.69) is 5.32 Å². The van der Waals surface area contributed by atoms with Crippen molar-refractivity contribution in [1.82, 2.24) is 10.2 Å². The lowest BCUT2D eigenvalue weighted by Crippen LogP contribution is -2.61. The Morgan fingerprint density at radius 2 is 1.84 bits per heavy atom. The average molecular weight is 518 g/mol. The first-order chi connectivity index (χ1) is 17.6. The first-order valence-corrected chi connectivity index (χ1v) is 12.3. The summed E-state index contributed by atoms with van der Waals surface area (Å²) in [6.45, 7) is 0.922. The molecule has 0 saturated carbocycles. The van der Waals surface area contributed by atoms with E-state index >= 15 is 0 Å². The maximum Gasteiger partial charge on any atom is 0.409 e. The summed E-state index contributed by atoms with van der Waals surface area (Å²) < 4.78 is 68.5. The van der Waals surface area contributed by atoms with E-state index < -0.39 is 40.9 Å². The molecular weight excluding hydrogens is 487 g/mol. The molecule has 0 aromatic heterocycles. The fourth-order valence-corrected chi connectivity index (χ4v) is 6.05. The van der Waals surface area contributed by atoms with E-state index in [1.54, 1.807) is 7.11 Å². The van der Waals surface area contributed by atoms with Gasteiger partial charge in [0, 0.05) is 32.7 Å². The van der Waals surface area contributed by atoms with Crippen LogP contribution in [0, 0.1) is 11.2 Å². The van der Waals surface area contributed by atoms with E-state index in [-0.39, 0.29) is 24.4 Å². The van der Waals surface area contributed by atoms with Crippen LogP contribution in [0.25, 0.3) is 0 Å². The Hall–Kier alpha value is -2.59. The van der Waals surface area contributed by atoms with Crippen LogP contribution in [0.5, 0.6) is 5.75 Å². The smallest absolute Gasteiger partial charge is 0.409 e. The standard InChI is InChI=1S/C27H31BF4N2O3/c1-36-17-26(27(30,31)32,18-7-8-22(29)21(28)15-18)24(35)34-13-10-25(11-14-34)9-12-33-16-20(25)19-5-3-4-6-23(19)37-2/h3-8,15,20,33H,9-14,16-17H2,1-2H3/t20?,26-/m0/s1. The monoisotopic (exact) mass is 518 g/mol. The molecule has 5 nitrogen and oxygen atoms in total. The molecule has 198 valence electrons. The Morgan fingerprint density at radius 3 is 2.46 bits per heavy atom. The second-order valence-electron chi connectivity index (χ2n) is 9.98. The van der Waals surface area contributed by atoms with Crippen molar-refractivity contribution >= 4 is 19.2 Å². The van der Waals surface area contributed by atoms with Gasteiger partial charge in [0.1, 0.15) is 19.4 Å². The van der Waals surface area contributed by atoms with Gasteiger partial charge < -0.3 is 19.7 Å². The molecule has 2 radical (unpaired) electrons. The van der Waals surface area contributed by atoms with Crippen LogP contribution in [-0.2, 0) is 14.9 Å². The normalized spacial score (nSPS) is 21.5. The first kappa shape index (κ1) is 27.4. The van der Waals surface area contributed by atoms with Crippen LogP contribution in [0.1, 0.15) is 36.3 Å². The Kier molecular flexibility index (Phi) is 7.90. The highest BCUT2D eigenvalue weighted by atomic mass is 19.4. The molecule has 37 heavy (non-hydrogen) atoms. The third kappa shape index (κ3) is 4.86. The zero-order valence-corrected chi connectivity index (χ0v) is 21.0. The Morgan fingerprint density at radius 1 is 1.14 bits per heavy atom. The fourth-order valence-electron chi connectivity index (χ4n) is 6.05. The fraction of sp³-hybridized carbons (Fsp3) is 0.519. The number of alkyl halides is 3. The number of carbonyl (C=O) groups excluding carboxylic acids is 1. The van der Waals surface area contributed by atoms with Crippen molar-refractivity contribution < 1.29 is 31.8 Å². The number of ether oxygens (including phenoxy) is 2. The lowest BCUT2D eigenvalue weighted by molar-refractivity contribution is -0.212. The molecular formula is C27H31BF4N2O3. The Labute approximate surface area is 215 Å². The van der Waals surface area contributed by atoms with E-state index in [1.165, 1.54) is 4.90 Å². The maximum atomic E-state index is 14.7. The van der Waals surface area contributed by atoms with Crippen LogP contribution in [0.3, 0.4) is 0 Å². The number of nitrogens with zero attached hydrogens (tertiary/aromatic N) is 1. The lowest BCUT2D eigenvalue weighted by Gasteiger charge is -2.51. The third-order valence-electron chi connectivity index (χ3n) is 8.15. The predicted octanol–water partition coefficient (Wildman–Crippen LogP) is 3.46. The van der Waals surface area contributed by atoms with Gasteiger partial charge in [-0.15, -0.1) is 0 Å². The molecule has 1 spiro atoms. The third-order valence-corrected chi connectivity index (χ3v) is 8.15. The van der Waals surface area contributed by atoms with Crippen molar-refractivity contribution in [2.75, 3.05) is 47.0 Å². The van der Waals surface area contributed by atoms with Gasteiger partial charge in [-0.3, -0.25) is 4.79 Å². The van der Waals surface area contributed by atoms with Gasteiger partial charge in [0.25, 0.3) is 0 Å². The zero-order valence-electron chi connectivity index (χ0n) is 21.0. The molecule has 2 aliphatic heterocycles. The molecule has 0 bridgehead atoms. The van der Waals surface area contributed by atoms with Crippen LogP contribution in [0.2, 0.25) is 0 Å². The molecule has 2 atom stereocenters. The molecule has 2 aliphatic rings. The van der Waals surface area contributed by atoms with Crippen molar-refractivity contribution in [3.63, 3.8) is 0 Å². The summed E-state index contributed by atoms with van der Waals surface area (Å²) in [6, 6.07) is 10.5. The molecule has 2 aromatic carbocycles. The van der Waals surface area contributed by atoms with Gasteiger partial charge in [-0.25, -0.2) is 4.39 Å². The molecule has 2 saturated heterocycles. The molecule has 1 unspecified atom stereocenters. The second kappa shape index (κ2) is 10.7. The minimum atomic E-state index is -4.99. The van der Waals surface area contributed by atoms with Gasteiger partial charge >= 0.3 is 6.18 Å². The molecule has 1 N–H and O–H groups in total. The second-order valence-corrected chi connectivity index (χ2v) is 9.98. The molecule has 0 aliphatic carbocycles. The van der Waals surface area contributed by atoms with Crippen molar-refractivity contribution in [2.45, 2.75) is 36.8 Å². The van der Waals surface area contributed by atoms with Gasteiger partial charge in [0.05, 0.1) is 13.7 Å². The van der Waals surface area contributed by atoms with E-state index in [9.17, 15) is 22.4 Å². The van der Waals surface area contributed by atoms with Crippen molar-refractivity contribution in [2.24, 2.45) is 5.41 Å². The van der Waals surface area contributed by atoms with Crippen molar-refractivity contribution in [3.05, 3.63) is 59.4 Å². The number of amides is 1. The summed E-state index contributed by atoms with van der Waals surface area (Å²) in [4.78, 5) is 15.0. The number of piperidine rings is 2. The van der Waals surface area contributed by atoms with Crippen LogP contribution in [0.4, 0.5) is 17.6 Å². The number of nitrogens with one attached hydrogen (secondary N) is 1. The summed E-state index contributed by atoms with van der Waals surface area (Å²) in [5.74, 6) is -1.08. The lowest BCUT2D eigenvalue weighted by atomic mass is 9.62. The Bertz CT molecular complexity index is 1120. The summed E-state index contributed by atoms with van der Waals surface area (Å²) in [5, 5.41) is 3.44. The van der Waals surface area contributed by atoms with Crippen molar-refractivity contribution in [1.29, 1.82) is 0 Å². The summed E-state index contributed by atoms with van der Waals surface area (Å²) in [5.41, 5.74) is -3.01. The number of halogens is 4. The van der Waals surface area contributed by atoms with E-state index in [0.717, 1.165) is 56.1 Å². The van der Waals surface area contributed by atoms with Gasteiger partial charge in [0.2, 0.25) is 5.91 Å². The Balaban J connectivity index is 1.65. The highest BCUT2D eigenvalue weighted by Crippen LogP contribution is 2.51. The van der Waals surface area contributed by atoms with E-state index in [1.807, 2.05) is 24.3 Å². The van der Waals surface area contributed by atoms with Crippen molar-refractivity contribution in [3.8, 4) is 5.75 Å². The molecule has 10 heteroatoms. The van der Waals surface area contributed by atoms with Gasteiger partial charge in [-0.1, -0.05) is 35.8 Å².